The number of nitrogens with zero attached hydrogens (tertiary/aromatic N) is 2. The monoisotopic (exact) mass is 473 g/mol. The first-order valence-corrected chi connectivity index (χ1v) is 11.6. The quantitative estimate of drug-likeness (QED) is 0.643. The third kappa shape index (κ3) is 4.49. The molecule has 1 aliphatic heterocycles. The molecule has 9 heteroatoms. The molecular weight excluding hydrogens is 447 g/mol. The van der Waals surface area contributed by atoms with Crippen molar-refractivity contribution in [1.82, 2.24) is 5.32 Å². The van der Waals surface area contributed by atoms with E-state index in [1.807, 2.05) is 6.07 Å². The summed E-state index contributed by atoms with van der Waals surface area (Å²) >= 11 is 0. The van der Waals surface area contributed by atoms with Crippen LogP contribution in [0.2, 0.25) is 0 Å². The van der Waals surface area contributed by atoms with Gasteiger partial charge in [-0.3, -0.25) is 14.5 Å². The zero-order valence-electron chi connectivity index (χ0n) is 18.8. The van der Waals surface area contributed by atoms with Crippen molar-refractivity contribution >= 4 is 28.9 Å². The molecule has 2 aromatic carbocycles. The first-order chi connectivity index (χ1) is 16.3. The Morgan fingerprint density at radius 2 is 1.94 bits per heavy atom. The summed E-state index contributed by atoms with van der Waals surface area (Å²) in [6.07, 6.45) is -1.63. The second-order valence-corrected chi connectivity index (χ2v) is 9.11. The van der Waals surface area contributed by atoms with Crippen LogP contribution in [0.1, 0.15) is 37.7 Å². The van der Waals surface area contributed by atoms with E-state index in [0.717, 1.165) is 24.4 Å². The van der Waals surface area contributed by atoms with Gasteiger partial charge in [-0.25, -0.2) is 0 Å². The zero-order chi connectivity index (χ0) is 24.0. The minimum atomic E-state index is -5.06. The van der Waals surface area contributed by atoms with Crippen LogP contribution in [-0.4, -0.2) is 43.7 Å². The molecule has 2 saturated carbocycles. The number of anilines is 3. The standard InChI is InChI=1S/C25H26F3N3O3/c1-2-30-21-9-8-18(11-22(21)34-14-23(30)32)31(24(33)25(26,27)28)17-5-3-4-16(10-17)19-12-20(19)29-13-15-6-7-15/h3-5,8-11,15,19-20,29H,2,6-7,12-14H2,1H3. The van der Waals surface area contributed by atoms with E-state index in [1.165, 1.54) is 42.0 Å². The summed E-state index contributed by atoms with van der Waals surface area (Å²) in [4.78, 5) is 26.8. The Kier molecular flexibility index (Phi) is 5.75. The van der Waals surface area contributed by atoms with Crippen LogP contribution in [0.4, 0.5) is 30.2 Å². The minimum Gasteiger partial charge on any atom is -0.481 e. The average molecular weight is 473 g/mol. The number of benzene rings is 2. The van der Waals surface area contributed by atoms with Gasteiger partial charge in [0.05, 0.1) is 11.4 Å². The van der Waals surface area contributed by atoms with Crippen LogP contribution in [0.5, 0.6) is 5.75 Å². The normalized spacial score (nSPS) is 21.6. The second kappa shape index (κ2) is 8.61. The molecule has 0 saturated heterocycles. The molecule has 2 unspecified atom stereocenters. The Balaban J connectivity index is 1.46. The molecule has 0 radical (unpaired) electrons. The summed E-state index contributed by atoms with van der Waals surface area (Å²) < 4.78 is 46.3. The molecule has 2 atom stereocenters. The van der Waals surface area contributed by atoms with E-state index in [9.17, 15) is 22.8 Å². The SMILES string of the molecule is CCN1C(=O)COc2cc(N(C(=O)C(F)(F)F)c3cccc(C4CC4NCC4CC4)c3)ccc21. The molecular formula is C25H26F3N3O3. The van der Waals surface area contributed by atoms with Gasteiger partial charge in [-0.1, -0.05) is 12.1 Å². The fourth-order valence-corrected chi connectivity index (χ4v) is 4.51. The van der Waals surface area contributed by atoms with Crippen LogP contribution in [0.25, 0.3) is 0 Å². The molecule has 180 valence electrons. The molecule has 2 aliphatic carbocycles. The first kappa shape index (κ1) is 22.7. The number of nitrogens with one attached hydrogen (secondary N) is 1. The van der Waals surface area contributed by atoms with Crippen LogP contribution < -0.4 is 19.9 Å². The molecule has 0 bridgehead atoms. The summed E-state index contributed by atoms with van der Waals surface area (Å²) in [5.74, 6) is -0.979. The van der Waals surface area contributed by atoms with Gasteiger partial charge in [0, 0.05) is 30.3 Å². The van der Waals surface area contributed by atoms with E-state index in [1.54, 1.807) is 19.1 Å². The lowest BCUT2D eigenvalue weighted by molar-refractivity contribution is -0.169. The maximum absolute atomic E-state index is 13.6. The highest BCUT2D eigenvalue weighted by Gasteiger charge is 2.45. The van der Waals surface area contributed by atoms with Crippen molar-refractivity contribution in [3.63, 3.8) is 0 Å². The van der Waals surface area contributed by atoms with Gasteiger partial charge in [0.1, 0.15) is 5.75 Å². The van der Waals surface area contributed by atoms with Crippen molar-refractivity contribution in [2.75, 3.05) is 29.5 Å². The lowest BCUT2D eigenvalue weighted by Gasteiger charge is -2.30. The van der Waals surface area contributed by atoms with Gasteiger partial charge < -0.3 is 15.0 Å². The van der Waals surface area contributed by atoms with E-state index >= 15 is 0 Å². The van der Waals surface area contributed by atoms with Crippen molar-refractivity contribution in [2.45, 2.75) is 44.3 Å². The zero-order valence-corrected chi connectivity index (χ0v) is 18.8. The summed E-state index contributed by atoms with van der Waals surface area (Å²) in [5, 5.41) is 3.53. The maximum Gasteiger partial charge on any atom is 0.472 e. The molecule has 0 aromatic heterocycles. The van der Waals surface area contributed by atoms with Gasteiger partial charge in [0.25, 0.3) is 5.91 Å². The highest BCUT2D eigenvalue weighted by molar-refractivity contribution is 6.05. The number of hydrogen-bond acceptors (Lipinski definition) is 4. The molecule has 1 N–H and O–H groups in total. The predicted molar refractivity (Wildman–Crippen MR) is 121 cm³/mol. The summed E-state index contributed by atoms with van der Waals surface area (Å²) in [6.45, 7) is 2.98. The Labute approximate surface area is 195 Å². The number of ether oxygens (including phenoxy) is 1. The molecule has 5 rings (SSSR count). The van der Waals surface area contributed by atoms with Gasteiger partial charge >= 0.3 is 12.1 Å². The van der Waals surface area contributed by atoms with Crippen molar-refractivity contribution in [3.8, 4) is 5.75 Å². The molecule has 1 heterocycles. The van der Waals surface area contributed by atoms with Crippen LogP contribution in [-0.2, 0) is 9.59 Å². The second-order valence-electron chi connectivity index (χ2n) is 9.11. The maximum atomic E-state index is 13.6. The van der Waals surface area contributed by atoms with Crippen molar-refractivity contribution in [1.29, 1.82) is 0 Å². The topological polar surface area (TPSA) is 61.9 Å². The van der Waals surface area contributed by atoms with Crippen molar-refractivity contribution in [2.24, 2.45) is 5.92 Å². The number of fused-ring (bicyclic) bond motifs is 1. The fourth-order valence-electron chi connectivity index (χ4n) is 4.51. The van der Waals surface area contributed by atoms with Gasteiger partial charge in [-0.2, -0.15) is 13.2 Å². The largest absolute Gasteiger partial charge is 0.481 e. The van der Waals surface area contributed by atoms with Crippen LogP contribution >= 0.6 is 0 Å². The number of halogens is 3. The van der Waals surface area contributed by atoms with Crippen molar-refractivity contribution < 1.29 is 27.5 Å². The number of carbonyl (C=O) groups excluding carboxylic acids is 2. The number of likely N-dealkylation sites (N-methyl/N-ethyl adjacent to an activating group) is 1. The van der Waals surface area contributed by atoms with Gasteiger partial charge in [-0.15, -0.1) is 0 Å². The summed E-state index contributed by atoms with van der Waals surface area (Å²) in [5.41, 5.74) is 1.55. The third-order valence-electron chi connectivity index (χ3n) is 6.62. The van der Waals surface area contributed by atoms with Gasteiger partial charge in [0.2, 0.25) is 0 Å². The minimum absolute atomic E-state index is 0.0304. The molecule has 0 spiro atoms. The van der Waals surface area contributed by atoms with E-state index in [-0.39, 0.29) is 35.6 Å². The lowest BCUT2D eigenvalue weighted by atomic mass is 10.1. The molecule has 2 amide bonds. The van der Waals surface area contributed by atoms with Crippen LogP contribution in [0.15, 0.2) is 42.5 Å². The lowest BCUT2D eigenvalue weighted by Crippen LogP contribution is -2.39. The van der Waals surface area contributed by atoms with E-state index < -0.39 is 12.1 Å². The number of alkyl halides is 3. The van der Waals surface area contributed by atoms with Crippen LogP contribution in [0.3, 0.4) is 0 Å². The molecule has 3 aliphatic rings. The first-order valence-electron chi connectivity index (χ1n) is 11.6. The van der Waals surface area contributed by atoms with E-state index in [0.29, 0.717) is 23.2 Å². The summed E-state index contributed by atoms with van der Waals surface area (Å²) in [7, 11) is 0. The summed E-state index contributed by atoms with van der Waals surface area (Å²) in [6, 6.07) is 11.4. The Morgan fingerprint density at radius 1 is 1.18 bits per heavy atom. The molecule has 2 fully saturated rings. The van der Waals surface area contributed by atoms with E-state index in [2.05, 4.69) is 5.32 Å². The molecule has 2 aromatic rings. The van der Waals surface area contributed by atoms with Gasteiger partial charge in [0.15, 0.2) is 6.61 Å². The number of hydrogen-bond donors (Lipinski definition) is 1. The Morgan fingerprint density at radius 3 is 2.65 bits per heavy atom. The number of carbonyl (C=O) groups is 2. The Hall–Kier alpha value is -3.07. The Bertz CT molecular complexity index is 1120. The molecule has 6 nitrogen and oxygen atoms in total. The average Bonchev–Trinajstić information content (AvgIpc) is 3.72. The predicted octanol–water partition coefficient (Wildman–Crippen LogP) is 4.51. The number of amides is 2. The third-order valence-corrected chi connectivity index (χ3v) is 6.62. The van der Waals surface area contributed by atoms with Crippen LogP contribution in [0, 0.1) is 5.92 Å². The number of rotatable bonds is 7. The highest BCUT2D eigenvalue weighted by Crippen LogP contribution is 2.44. The smallest absolute Gasteiger partial charge is 0.472 e. The highest BCUT2D eigenvalue weighted by atomic mass is 19.4. The van der Waals surface area contributed by atoms with Gasteiger partial charge in [-0.05, 0) is 68.5 Å². The van der Waals surface area contributed by atoms with Crippen molar-refractivity contribution in [3.05, 3.63) is 48.0 Å². The van der Waals surface area contributed by atoms with E-state index in [4.69, 9.17) is 4.74 Å². The molecule has 34 heavy (non-hydrogen) atoms. The fraction of sp³-hybridized carbons (Fsp3) is 0.440.